The number of nitrogens with two attached hydrogens (primary N) is 1. The zero-order chi connectivity index (χ0) is 12.3. The van der Waals surface area contributed by atoms with Crippen LogP contribution < -0.4 is 11.1 Å². The molecule has 0 bridgehead atoms. The Hall–Kier alpha value is -1.79. The highest BCUT2D eigenvalue weighted by atomic mass is 16.4. The molecule has 0 aliphatic heterocycles. The molecule has 0 atom stereocenters. The van der Waals surface area contributed by atoms with Gasteiger partial charge in [-0.05, 0) is 19.8 Å². The van der Waals surface area contributed by atoms with Crippen molar-refractivity contribution in [3.63, 3.8) is 0 Å². The Morgan fingerprint density at radius 1 is 1.38 bits per heavy atom. The Morgan fingerprint density at radius 3 is 2.31 bits per heavy atom. The normalized spacial score (nSPS) is 16.3. The molecule has 1 saturated carbocycles. The number of carbonyl (C=O) groups excluding carboxylic acids is 2. The number of carboxylic acids is 1. The maximum Gasteiger partial charge on any atom is 0.323 e. The number of hydrogen-bond acceptors (Lipinski definition) is 3. The van der Waals surface area contributed by atoms with Gasteiger partial charge in [0.25, 0.3) is 0 Å². The van der Waals surface area contributed by atoms with Gasteiger partial charge in [-0.3, -0.25) is 9.59 Å². The van der Waals surface area contributed by atoms with Crippen LogP contribution in [0.15, 0.2) is 0 Å². The highest BCUT2D eigenvalue weighted by Gasteiger charge is 2.40. The summed E-state index contributed by atoms with van der Waals surface area (Å²) in [6, 6.07) is -0.568. The van der Waals surface area contributed by atoms with Crippen LogP contribution in [0.3, 0.4) is 0 Å². The minimum atomic E-state index is -1.18. The van der Waals surface area contributed by atoms with Gasteiger partial charge >= 0.3 is 12.0 Å². The molecule has 0 radical (unpaired) electrons. The Kier molecular flexibility index (Phi) is 3.36. The zero-order valence-corrected chi connectivity index (χ0v) is 9.02. The minimum Gasteiger partial charge on any atom is -0.480 e. The molecule has 7 nitrogen and oxygen atoms in total. The number of carboxylic acid groups (broad SMARTS) is 1. The van der Waals surface area contributed by atoms with Crippen LogP contribution in [0.1, 0.15) is 19.8 Å². The van der Waals surface area contributed by atoms with Crippen molar-refractivity contribution in [2.75, 3.05) is 13.1 Å². The average Bonchev–Trinajstić information content (AvgIpc) is 2.80. The molecule has 4 N–H and O–H groups in total. The number of amides is 3. The fourth-order valence-corrected chi connectivity index (χ4v) is 1.20. The summed E-state index contributed by atoms with van der Waals surface area (Å²) in [6.07, 6.45) is 1.71. The van der Waals surface area contributed by atoms with Gasteiger partial charge in [0.1, 0.15) is 13.1 Å². The molecule has 16 heavy (non-hydrogen) atoms. The first-order valence-corrected chi connectivity index (χ1v) is 4.89. The Bertz CT molecular complexity index is 309. The number of aliphatic carboxylic acids is 1. The van der Waals surface area contributed by atoms with E-state index in [0.29, 0.717) is 0 Å². The van der Waals surface area contributed by atoms with Gasteiger partial charge in [-0.25, -0.2) is 4.79 Å². The molecule has 1 aliphatic rings. The van der Waals surface area contributed by atoms with Crippen LogP contribution in [0.5, 0.6) is 0 Å². The highest BCUT2D eigenvalue weighted by Crippen LogP contribution is 2.34. The topological polar surface area (TPSA) is 113 Å². The standard InChI is InChI=1S/C9H15N3O4/c1-9(2-3-9)11-8(16)12(4-6(10)13)5-7(14)15/h2-5H2,1H3,(H2,10,13)(H,11,16)(H,14,15). The Balaban J connectivity index is 2.55. The number of carbonyl (C=O) groups is 3. The largest absolute Gasteiger partial charge is 0.480 e. The first-order valence-electron chi connectivity index (χ1n) is 4.89. The highest BCUT2D eigenvalue weighted by molar-refractivity contribution is 5.86. The van der Waals surface area contributed by atoms with E-state index in [-0.39, 0.29) is 5.54 Å². The second-order valence-electron chi connectivity index (χ2n) is 4.21. The van der Waals surface area contributed by atoms with Gasteiger partial charge in [0.15, 0.2) is 0 Å². The summed E-state index contributed by atoms with van der Waals surface area (Å²) < 4.78 is 0. The predicted molar refractivity (Wildman–Crippen MR) is 54.6 cm³/mol. The van der Waals surface area contributed by atoms with Crippen LogP contribution in [0.4, 0.5) is 4.79 Å². The molecule has 90 valence electrons. The molecular formula is C9H15N3O4. The molecule has 0 saturated heterocycles. The van der Waals surface area contributed by atoms with E-state index >= 15 is 0 Å². The average molecular weight is 229 g/mol. The van der Waals surface area contributed by atoms with Crippen molar-refractivity contribution >= 4 is 17.9 Å². The Morgan fingerprint density at radius 2 is 1.94 bits per heavy atom. The predicted octanol–water partition coefficient (Wildman–Crippen LogP) is -0.880. The summed E-state index contributed by atoms with van der Waals surface area (Å²) in [5, 5.41) is 11.2. The van der Waals surface area contributed by atoms with Crippen molar-refractivity contribution in [2.24, 2.45) is 5.73 Å². The lowest BCUT2D eigenvalue weighted by molar-refractivity contribution is -0.137. The number of rotatable bonds is 5. The molecule has 1 rings (SSSR count). The summed E-state index contributed by atoms with van der Waals surface area (Å²) in [6.45, 7) is 0.924. The lowest BCUT2D eigenvalue weighted by Crippen LogP contribution is -2.49. The van der Waals surface area contributed by atoms with Gasteiger partial charge in [-0.1, -0.05) is 0 Å². The van der Waals surface area contributed by atoms with Gasteiger partial charge in [0.05, 0.1) is 0 Å². The lowest BCUT2D eigenvalue weighted by atomic mass is 10.3. The Labute approximate surface area is 92.6 Å². The van der Waals surface area contributed by atoms with Crippen LogP contribution in [-0.4, -0.2) is 46.5 Å². The maximum atomic E-state index is 11.6. The third-order valence-corrected chi connectivity index (χ3v) is 2.37. The maximum absolute atomic E-state index is 11.6. The van der Waals surface area contributed by atoms with Crippen molar-refractivity contribution in [2.45, 2.75) is 25.3 Å². The van der Waals surface area contributed by atoms with Crippen LogP contribution >= 0.6 is 0 Å². The number of urea groups is 1. The molecule has 7 heteroatoms. The second-order valence-corrected chi connectivity index (χ2v) is 4.21. The number of primary amides is 1. The zero-order valence-electron chi connectivity index (χ0n) is 9.02. The van der Waals surface area contributed by atoms with E-state index in [1.54, 1.807) is 0 Å². The van der Waals surface area contributed by atoms with Crippen molar-refractivity contribution in [3.05, 3.63) is 0 Å². The molecule has 1 fully saturated rings. The van der Waals surface area contributed by atoms with Crippen LogP contribution in [-0.2, 0) is 9.59 Å². The summed E-state index contributed by atoms with van der Waals surface area (Å²) >= 11 is 0. The molecular weight excluding hydrogens is 214 g/mol. The molecule has 0 heterocycles. The summed E-state index contributed by atoms with van der Waals surface area (Å²) in [5.41, 5.74) is 4.67. The summed E-state index contributed by atoms with van der Waals surface area (Å²) in [5.74, 6) is -1.92. The van der Waals surface area contributed by atoms with Gasteiger partial charge in [0.2, 0.25) is 5.91 Å². The van der Waals surface area contributed by atoms with Crippen LogP contribution in [0.2, 0.25) is 0 Å². The van der Waals surface area contributed by atoms with E-state index in [2.05, 4.69) is 5.32 Å². The van der Waals surface area contributed by atoms with Gasteiger partial charge in [-0.15, -0.1) is 0 Å². The smallest absolute Gasteiger partial charge is 0.323 e. The van der Waals surface area contributed by atoms with E-state index in [1.807, 2.05) is 6.92 Å². The van der Waals surface area contributed by atoms with E-state index < -0.39 is 31.0 Å². The van der Waals surface area contributed by atoms with Gasteiger partial charge < -0.3 is 21.1 Å². The number of hydrogen-bond donors (Lipinski definition) is 3. The van der Waals surface area contributed by atoms with E-state index in [1.165, 1.54) is 0 Å². The molecule has 3 amide bonds. The minimum absolute atomic E-state index is 0.258. The van der Waals surface area contributed by atoms with E-state index in [4.69, 9.17) is 10.8 Å². The monoisotopic (exact) mass is 229 g/mol. The van der Waals surface area contributed by atoms with Gasteiger partial charge in [-0.2, -0.15) is 0 Å². The van der Waals surface area contributed by atoms with Crippen molar-refractivity contribution in [1.82, 2.24) is 10.2 Å². The summed E-state index contributed by atoms with van der Waals surface area (Å²) in [4.78, 5) is 33.7. The fourth-order valence-electron chi connectivity index (χ4n) is 1.20. The second kappa shape index (κ2) is 4.38. The SMILES string of the molecule is CC1(NC(=O)N(CC(N)=O)CC(=O)O)CC1. The van der Waals surface area contributed by atoms with Crippen molar-refractivity contribution in [1.29, 1.82) is 0 Å². The lowest BCUT2D eigenvalue weighted by Gasteiger charge is -2.22. The van der Waals surface area contributed by atoms with E-state index in [9.17, 15) is 14.4 Å². The number of nitrogens with zero attached hydrogens (tertiary/aromatic N) is 1. The quantitative estimate of drug-likeness (QED) is 0.568. The summed E-state index contributed by atoms with van der Waals surface area (Å²) in [7, 11) is 0. The fraction of sp³-hybridized carbons (Fsp3) is 0.667. The molecule has 0 aromatic rings. The third kappa shape index (κ3) is 3.76. The third-order valence-electron chi connectivity index (χ3n) is 2.37. The van der Waals surface area contributed by atoms with Crippen LogP contribution in [0, 0.1) is 0 Å². The molecule has 0 aromatic carbocycles. The number of nitrogens with one attached hydrogen (secondary N) is 1. The van der Waals surface area contributed by atoms with E-state index in [0.717, 1.165) is 17.7 Å². The van der Waals surface area contributed by atoms with Gasteiger partial charge in [0, 0.05) is 5.54 Å². The first-order chi connectivity index (χ1) is 7.32. The first kappa shape index (κ1) is 12.3. The molecule has 0 spiro atoms. The molecule has 1 aliphatic carbocycles. The van der Waals surface area contributed by atoms with Crippen molar-refractivity contribution < 1.29 is 19.5 Å². The van der Waals surface area contributed by atoms with Crippen LogP contribution in [0.25, 0.3) is 0 Å². The molecule has 0 aromatic heterocycles. The molecule has 0 unspecified atom stereocenters. The van der Waals surface area contributed by atoms with Crippen molar-refractivity contribution in [3.8, 4) is 0 Å².